The summed E-state index contributed by atoms with van der Waals surface area (Å²) >= 11 is 0. The number of methoxy groups -OCH3 is 2. The van der Waals surface area contributed by atoms with Gasteiger partial charge < -0.3 is 14.0 Å². The molecular weight excluding hydrogens is 300 g/mol. The number of benzene rings is 2. The standard InChI is InChI=1S/C16H14N2O5/c1-17-12-6-4-9(18(20)21)8-11(12)14-10(16(19)23-3)5-7-13(22-2)15(14)17/h4-8H,1-3H3. The molecule has 0 radical (unpaired) electrons. The van der Waals surface area contributed by atoms with Crippen LogP contribution in [0, 0.1) is 10.1 Å². The van der Waals surface area contributed by atoms with E-state index in [0.717, 1.165) is 5.52 Å². The fraction of sp³-hybridized carbons (Fsp3) is 0.188. The zero-order chi connectivity index (χ0) is 16.7. The second kappa shape index (κ2) is 5.28. The van der Waals surface area contributed by atoms with Crippen molar-refractivity contribution in [1.29, 1.82) is 0 Å². The molecule has 23 heavy (non-hydrogen) atoms. The first-order valence-corrected chi connectivity index (χ1v) is 6.81. The highest BCUT2D eigenvalue weighted by Crippen LogP contribution is 2.38. The highest BCUT2D eigenvalue weighted by Gasteiger charge is 2.21. The summed E-state index contributed by atoms with van der Waals surface area (Å²) in [5, 5.41) is 12.3. The van der Waals surface area contributed by atoms with Gasteiger partial charge in [0.1, 0.15) is 5.75 Å². The molecule has 0 aliphatic carbocycles. The van der Waals surface area contributed by atoms with Crippen LogP contribution in [0.5, 0.6) is 5.75 Å². The van der Waals surface area contributed by atoms with E-state index in [-0.39, 0.29) is 5.69 Å². The molecule has 0 bridgehead atoms. The first kappa shape index (κ1) is 14.8. The van der Waals surface area contributed by atoms with Crippen LogP contribution in [0.1, 0.15) is 10.4 Å². The van der Waals surface area contributed by atoms with Crippen LogP contribution in [-0.4, -0.2) is 29.7 Å². The molecule has 0 aliphatic heterocycles. The topological polar surface area (TPSA) is 83.6 Å². The molecular formula is C16H14N2O5. The SMILES string of the molecule is COC(=O)c1ccc(OC)c2c1c1cc([N+](=O)[O-])ccc1n2C. The number of aryl methyl sites for hydroxylation is 1. The number of hydrogen-bond acceptors (Lipinski definition) is 5. The second-order valence-corrected chi connectivity index (χ2v) is 5.05. The molecule has 0 saturated carbocycles. The summed E-state index contributed by atoms with van der Waals surface area (Å²) in [6.07, 6.45) is 0. The van der Waals surface area contributed by atoms with Crippen molar-refractivity contribution >= 4 is 33.5 Å². The van der Waals surface area contributed by atoms with Gasteiger partial charge in [0.15, 0.2) is 0 Å². The van der Waals surface area contributed by atoms with Crippen molar-refractivity contribution in [3.63, 3.8) is 0 Å². The fourth-order valence-corrected chi connectivity index (χ4v) is 2.87. The Kier molecular flexibility index (Phi) is 3.40. The van der Waals surface area contributed by atoms with Crippen molar-refractivity contribution in [2.24, 2.45) is 7.05 Å². The highest BCUT2D eigenvalue weighted by molar-refractivity contribution is 6.18. The van der Waals surface area contributed by atoms with E-state index >= 15 is 0 Å². The number of nitro groups is 1. The van der Waals surface area contributed by atoms with E-state index in [2.05, 4.69) is 0 Å². The molecule has 0 fully saturated rings. The van der Waals surface area contributed by atoms with Crippen molar-refractivity contribution in [2.45, 2.75) is 0 Å². The van der Waals surface area contributed by atoms with E-state index in [1.807, 2.05) is 11.6 Å². The third kappa shape index (κ3) is 2.09. The molecule has 7 nitrogen and oxygen atoms in total. The van der Waals surface area contributed by atoms with Gasteiger partial charge in [-0.3, -0.25) is 10.1 Å². The molecule has 1 heterocycles. The molecule has 3 rings (SSSR count). The number of esters is 1. The number of carbonyl (C=O) groups excluding carboxylic acids is 1. The van der Waals surface area contributed by atoms with Gasteiger partial charge in [-0.2, -0.15) is 0 Å². The van der Waals surface area contributed by atoms with Crippen LogP contribution < -0.4 is 4.74 Å². The molecule has 3 aromatic rings. The zero-order valence-electron chi connectivity index (χ0n) is 12.8. The van der Waals surface area contributed by atoms with Crippen LogP contribution >= 0.6 is 0 Å². The number of fused-ring (bicyclic) bond motifs is 3. The molecule has 0 spiro atoms. The number of ether oxygens (including phenoxy) is 2. The van der Waals surface area contributed by atoms with Gasteiger partial charge in [0.25, 0.3) is 5.69 Å². The predicted molar refractivity (Wildman–Crippen MR) is 85.0 cm³/mol. The molecule has 118 valence electrons. The predicted octanol–water partition coefficient (Wildman–Crippen LogP) is 3.03. The van der Waals surface area contributed by atoms with Crippen molar-refractivity contribution in [2.75, 3.05) is 14.2 Å². The number of nitrogens with zero attached hydrogens (tertiary/aromatic N) is 2. The number of non-ortho nitro benzene ring substituents is 1. The van der Waals surface area contributed by atoms with Gasteiger partial charge in [-0.1, -0.05) is 0 Å². The summed E-state index contributed by atoms with van der Waals surface area (Å²) in [6, 6.07) is 7.84. The molecule has 0 atom stereocenters. The van der Waals surface area contributed by atoms with E-state index in [4.69, 9.17) is 9.47 Å². The highest BCUT2D eigenvalue weighted by atomic mass is 16.6. The third-order valence-corrected chi connectivity index (χ3v) is 3.92. The average Bonchev–Trinajstić information content (AvgIpc) is 2.86. The zero-order valence-corrected chi connectivity index (χ0v) is 12.8. The van der Waals surface area contributed by atoms with Crippen LogP contribution in [-0.2, 0) is 11.8 Å². The summed E-state index contributed by atoms with van der Waals surface area (Å²) in [7, 11) is 4.65. The van der Waals surface area contributed by atoms with Crippen molar-refractivity contribution < 1.29 is 19.2 Å². The Hall–Kier alpha value is -3.09. The average molecular weight is 314 g/mol. The summed E-state index contributed by atoms with van der Waals surface area (Å²) in [5.41, 5.74) is 1.75. The Morgan fingerprint density at radius 1 is 1.22 bits per heavy atom. The Morgan fingerprint density at radius 2 is 1.96 bits per heavy atom. The lowest BCUT2D eigenvalue weighted by Gasteiger charge is -2.07. The summed E-state index contributed by atoms with van der Waals surface area (Å²) in [6.45, 7) is 0. The Morgan fingerprint density at radius 3 is 2.57 bits per heavy atom. The van der Waals surface area contributed by atoms with E-state index in [1.54, 1.807) is 18.2 Å². The van der Waals surface area contributed by atoms with Gasteiger partial charge in [-0.15, -0.1) is 0 Å². The molecule has 0 saturated heterocycles. The van der Waals surface area contributed by atoms with Crippen molar-refractivity contribution in [1.82, 2.24) is 4.57 Å². The maximum absolute atomic E-state index is 12.1. The van der Waals surface area contributed by atoms with Gasteiger partial charge in [-0.05, 0) is 18.2 Å². The van der Waals surface area contributed by atoms with Crippen LogP contribution in [0.4, 0.5) is 5.69 Å². The number of aromatic nitrogens is 1. The van der Waals surface area contributed by atoms with Gasteiger partial charge in [0.2, 0.25) is 0 Å². The first-order valence-electron chi connectivity index (χ1n) is 6.81. The third-order valence-electron chi connectivity index (χ3n) is 3.92. The minimum atomic E-state index is -0.503. The van der Waals surface area contributed by atoms with E-state index in [0.29, 0.717) is 27.6 Å². The molecule has 2 aromatic carbocycles. The Bertz CT molecular complexity index is 958. The first-order chi connectivity index (χ1) is 11.0. The normalized spacial score (nSPS) is 10.9. The van der Waals surface area contributed by atoms with Crippen LogP contribution in [0.3, 0.4) is 0 Å². The molecule has 0 unspecified atom stereocenters. The lowest BCUT2D eigenvalue weighted by molar-refractivity contribution is -0.384. The van der Waals surface area contributed by atoms with Gasteiger partial charge in [0.05, 0.1) is 30.2 Å². The monoisotopic (exact) mass is 314 g/mol. The van der Waals surface area contributed by atoms with E-state index in [9.17, 15) is 14.9 Å². The van der Waals surface area contributed by atoms with Gasteiger partial charge in [0, 0.05) is 35.5 Å². The minimum absolute atomic E-state index is 0.0383. The largest absolute Gasteiger partial charge is 0.495 e. The van der Waals surface area contributed by atoms with Crippen molar-refractivity contribution in [3.05, 3.63) is 46.0 Å². The van der Waals surface area contributed by atoms with Crippen LogP contribution in [0.25, 0.3) is 21.8 Å². The lowest BCUT2D eigenvalue weighted by atomic mass is 10.1. The lowest BCUT2D eigenvalue weighted by Crippen LogP contribution is -2.02. The summed E-state index contributed by atoms with van der Waals surface area (Å²) in [4.78, 5) is 22.7. The smallest absolute Gasteiger partial charge is 0.338 e. The maximum Gasteiger partial charge on any atom is 0.338 e. The van der Waals surface area contributed by atoms with E-state index < -0.39 is 10.9 Å². The number of hydrogen-bond donors (Lipinski definition) is 0. The van der Waals surface area contributed by atoms with Crippen LogP contribution in [0.2, 0.25) is 0 Å². The molecule has 0 aliphatic rings. The van der Waals surface area contributed by atoms with Crippen molar-refractivity contribution in [3.8, 4) is 5.75 Å². The molecule has 0 N–H and O–H groups in total. The Balaban J connectivity index is 2.54. The fourth-order valence-electron chi connectivity index (χ4n) is 2.87. The summed E-state index contributed by atoms with van der Waals surface area (Å²) < 4.78 is 12.1. The quantitative estimate of drug-likeness (QED) is 0.421. The number of carbonyl (C=O) groups is 1. The summed E-state index contributed by atoms with van der Waals surface area (Å²) in [5.74, 6) is 0.0747. The van der Waals surface area contributed by atoms with E-state index in [1.165, 1.54) is 26.4 Å². The van der Waals surface area contributed by atoms with Gasteiger partial charge >= 0.3 is 5.97 Å². The number of nitro benzene ring substituents is 1. The minimum Gasteiger partial charge on any atom is -0.495 e. The second-order valence-electron chi connectivity index (χ2n) is 5.05. The number of rotatable bonds is 3. The van der Waals surface area contributed by atoms with Gasteiger partial charge in [-0.25, -0.2) is 4.79 Å². The molecule has 0 amide bonds. The maximum atomic E-state index is 12.1. The molecule has 7 heteroatoms. The Labute approximate surface area is 131 Å². The molecule has 1 aromatic heterocycles. The van der Waals surface area contributed by atoms with Crippen LogP contribution in [0.15, 0.2) is 30.3 Å².